The fourth-order valence-corrected chi connectivity index (χ4v) is 3.12. The highest BCUT2D eigenvalue weighted by Gasteiger charge is 2.18. The van der Waals surface area contributed by atoms with Crippen LogP contribution in [0.25, 0.3) is 11.4 Å². The molecule has 3 aromatic rings. The van der Waals surface area contributed by atoms with Gasteiger partial charge in [0.2, 0.25) is 5.95 Å². The molecular formula is C13H13N5O2S2. The molecule has 0 radical (unpaired) electrons. The van der Waals surface area contributed by atoms with Gasteiger partial charge in [0.15, 0.2) is 5.82 Å². The summed E-state index contributed by atoms with van der Waals surface area (Å²) in [5.41, 5.74) is 0.657. The van der Waals surface area contributed by atoms with Gasteiger partial charge in [0.25, 0.3) is 10.0 Å². The summed E-state index contributed by atoms with van der Waals surface area (Å²) in [5.74, 6) is 0.502. The molecule has 0 unspecified atom stereocenters. The summed E-state index contributed by atoms with van der Waals surface area (Å²) in [5, 5.41) is 9.04. The summed E-state index contributed by atoms with van der Waals surface area (Å²) in [6.07, 6.45) is 4.31. The molecule has 3 heterocycles. The van der Waals surface area contributed by atoms with Crippen LogP contribution in [0.4, 0.5) is 5.95 Å². The van der Waals surface area contributed by atoms with E-state index >= 15 is 0 Å². The van der Waals surface area contributed by atoms with E-state index in [1.165, 1.54) is 0 Å². The Kier molecular flexibility index (Phi) is 3.90. The largest absolute Gasteiger partial charge is 0.349 e. The number of aromatic nitrogens is 4. The van der Waals surface area contributed by atoms with E-state index in [1.807, 2.05) is 17.5 Å². The maximum atomic E-state index is 11.9. The van der Waals surface area contributed by atoms with Crippen molar-refractivity contribution >= 4 is 27.3 Å². The molecule has 0 aliphatic rings. The van der Waals surface area contributed by atoms with Crippen LogP contribution < -0.4 is 5.32 Å². The minimum Gasteiger partial charge on any atom is -0.349 e. The zero-order valence-electron chi connectivity index (χ0n) is 11.7. The van der Waals surface area contributed by atoms with E-state index in [4.69, 9.17) is 0 Å². The topological polar surface area (TPSA) is 89.8 Å². The molecule has 0 spiro atoms. The Morgan fingerprint density at radius 1 is 1.32 bits per heavy atom. The number of nitrogens with one attached hydrogen (secondary N) is 1. The maximum Gasteiger partial charge on any atom is 0.254 e. The number of anilines is 1. The molecule has 0 aliphatic carbocycles. The monoisotopic (exact) mass is 335 g/mol. The van der Waals surface area contributed by atoms with Gasteiger partial charge in [-0.3, -0.25) is 4.98 Å². The van der Waals surface area contributed by atoms with Crippen molar-refractivity contribution < 1.29 is 8.42 Å². The smallest absolute Gasteiger partial charge is 0.254 e. The van der Waals surface area contributed by atoms with Gasteiger partial charge in [-0.05, 0) is 23.6 Å². The lowest BCUT2D eigenvalue weighted by Gasteiger charge is -2.04. The molecule has 7 nitrogen and oxygen atoms in total. The molecule has 0 aromatic carbocycles. The lowest BCUT2D eigenvalue weighted by molar-refractivity contribution is 0.587. The van der Waals surface area contributed by atoms with E-state index in [0.29, 0.717) is 17.9 Å². The second-order valence-corrected chi connectivity index (χ2v) is 7.38. The SMILES string of the molecule is CS(=O)(=O)n1nc(-c2cccnc2)nc1NCc1cccs1. The highest BCUT2D eigenvalue weighted by molar-refractivity contribution is 7.89. The van der Waals surface area contributed by atoms with Crippen LogP contribution in [0.15, 0.2) is 42.0 Å². The maximum absolute atomic E-state index is 11.9. The van der Waals surface area contributed by atoms with Crippen molar-refractivity contribution in [1.29, 1.82) is 0 Å². The molecule has 9 heteroatoms. The van der Waals surface area contributed by atoms with Crippen molar-refractivity contribution in [2.75, 3.05) is 11.6 Å². The number of hydrogen-bond donors (Lipinski definition) is 1. The van der Waals surface area contributed by atoms with Gasteiger partial charge in [0, 0.05) is 22.8 Å². The van der Waals surface area contributed by atoms with Gasteiger partial charge in [-0.1, -0.05) is 6.07 Å². The van der Waals surface area contributed by atoms with E-state index in [-0.39, 0.29) is 5.95 Å². The molecule has 0 aliphatic heterocycles. The molecule has 3 rings (SSSR count). The van der Waals surface area contributed by atoms with Crippen molar-refractivity contribution in [3.63, 3.8) is 0 Å². The average molecular weight is 335 g/mol. The third kappa shape index (κ3) is 3.15. The van der Waals surface area contributed by atoms with Crippen molar-refractivity contribution in [2.24, 2.45) is 0 Å². The van der Waals surface area contributed by atoms with Gasteiger partial charge < -0.3 is 5.32 Å². The molecular weight excluding hydrogens is 322 g/mol. The third-order valence-corrected chi connectivity index (χ3v) is 4.57. The first-order chi connectivity index (χ1) is 10.5. The Bertz CT molecular complexity index is 857. The minimum atomic E-state index is -3.55. The second-order valence-electron chi connectivity index (χ2n) is 4.54. The predicted octanol–water partition coefficient (Wildman–Crippen LogP) is 1.82. The van der Waals surface area contributed by atoms with Crippen molar-refractivity contribution in [1.82, 2.24) is 19.2 Å². The van der Waals surface area contributed by atoms with Crippen LogP contribution in [0, 0.1) is 0 Å². The van der Waals surface area contributed by atoms with Gasteiger partial charge in [-0.15, -0.1) is 20.5 Å². The first kappa shape index (κ1) is 14.7. The van der Waals surface area contributed by atoms with Crippen LogP contribution in [-0.4, -0.2) is 33.8 Å². The number of rotatable bonds is 5. The lowest BCUT2D eigenvalue weighted by Crippen LogP contribution is -2.16. The molecule has 114 valence electrons. The minimum absolute atomic E-state index is 0.190. The Hall–Kier alpha value is -2.26. The molecule has 3 aromatic heterocycles. The van der Waals surface area contributed by atoms with Gasteiger partial charge in [-0.2, -0.15) is 4.98 Å². The van der Waals surface area contributed by atoms with E-state index in [0.717, 1.165) is 15.2 Å². The van der Waals surface area contributed by atoms with Gasteiger partial charge >= 0.3 is 0 Å². The number of nitrogens with zero attached hydrogens (tertiary/aromatic N) is 4. The Morgan fingerprint density at radius 2 is 2.18 bits per heavy atom. The molecule has 0 saturated carbocycles. The first-order valence-corrected chi connectivity index (χ1v) is 9.11. The van der Waals surface area contributed by atoms with E-state index < -0.39 is 10.0 Å². The average Bonchev–Trinajstić information content (AvgIpc) is 3.15. The molecule has 0 fully saturated rings. The predicted molar refractivity (Wildman–Crippen MR) is 85.1 cm³/mol. The fraction of sp³-hybridized carbons (Fsp3) is 0.154. The van der Waals surface area contributed by atoms with E-state index in [2.05, 4.69) is 20.4 Å². The Labute approximate surface area is 131 Å². The summed E-state index contributed by atoms with van der Waals surface area (Å²) < 4.78 is 24.6. The van der Waals surface area contributed by atoms with Gasteiger partial charge in [-0.25, -0.2) is 8.42 Å². The summed E-state index contributed by atoms with van der Waals surface area (Å²) in [7, 11) is -3.55. The number of pyridine rings is 1. The molecule has 0 amide bonds. The van der Waals surface area contributed by atoms with Gasteiger partial charge in [0.1, 0.15) is 0 Å². The van der Waals surface area contributed by atoms with Crippen LogP contribution in [0.5, 0.6) is 0 Å². The molecule has 22 heavy (non-hydrogen) atoms. The van der Waals surface area contributed by atoms with Crippen LogP contribution in [0.3, 0.4) is 0 Å². The van der Waals surface area contributed by atoms with E-state index in [1.54, 1.807) is 35.9 Å². The zero-order valence-corrected chi connectivity index (χ0v) is 13.3. The highest BCUT2D eigenvalue weighted by Crippen LogP contribution is 2.19. The van der Waals surface area contributed by atoms with Crippen molar-refractivity contribution in [3.05, 3.63) is 46.9 Å². The standard InChI is InChI=1S/C13H13N5O2S2/c1-22(19,20)18-13(15-9-11-5-3-7-21-11)16-12(17-18)10-4-2-6-14-8-10/h2-8H,9H2,1H3,(H,15,16,17). The number of hydrogen-bond acceptors (Lipinski definition) is 7. The summed E-state index contributed by atoms with van der Waals surface area (Å²) in [6, 6.07) is 7.41. The molecule has 1 N–H and O–H groups in total. The van der Waals surface area contributed by atoms with Crippen molar-refractivity contribution in [3.8, 4) is 11.4 Å². The normalized spacial score (nSPS) is 11.5. The first-order valence-electron chi connectivity index (χ1n) is 6.38. The number of thiophene rings is 1. The summed E-state index contributed by atoms with van der Waals surface area (Å²) in [6.45, 7) is 0.484. The zero-order chi connectivity index (χ0) is 15.6. The third-order valence-electron chi connectivity index (χ3n) is 2.81. The quantitative estimate of drug-likeness (QED) is 0.765. The molecule has 0 bridgehead atoms. The highest BCUT2D eigenvalue weighted by atomic mass is 32.2. The summed E-state index contributed by atoms with van der Waals surface area (Å²) in [4.78, 5) is 9.34. The Morgan fingerprint density at radius 3 is 2.82 bits per heavy atom. The second kappa shape index (κ2) is 5.85. The molecule has 0 saturated heterocycles. The fourth-order valence-electron chi connectivity index (χ4n) is 1.83. The lowest BCUT2D eigenvalue weighted by atomic mass is 10.3. The van der Waals surface area contributed by atoms with Crippen LogP contribution in [0.1, 0.15) is 4.88 Å². The van der Waals surface area contributed by atoms with Gasteiger partial charge in [0.05, 0.1) is 12.8 Å². The summed E-state index contributed by atoms with van der Waals surface area (Å²) >= 11 is 1.58. The van der Waals surface area contributed by atoms with Crippen LogP contribution in [-0.2, 0) is 16.6 Å². The van der Waals surface area contributed by atoms with Crippen LogP contribution in [0.2, 0.25) is 0 Å². The Balaban J connectivity index is 1.95. The molecule has 0 atom stereocenters. The van der Waals surface area contributed by atoms with Crippen LogP contribution >= 0.6 is 11.3 Å². The van der Waals surface area contributed by atoms with Crippen molar-refractivity contribution in [2.45, 2.75) is 6.54 Å². The van der Waals surface area contributed by atoms with E-state index in [9.17, 15) is 8.42 Å².